The fourth-order valence-corrected chi connectivity index (χ4v) is 1.70. The lowest BCUT2D eigenvalue weighted by atomic mass is 10.3. The van der Waals surface area contributed by atoms with Gasteiger partial charge >= 0.3 is 0 Å². The van der Waals surface area contributed by atoms with Gasteiger partial charge in [0, 0.05) is 4.47 Å². The van der Waals surface area contributed by atoms with Crippen LogP contribution in [0.3, 0.4) is 0 Å². The molecule has 1 heterocycles. The van der Waals surface area contributed by atoms with Crippen LogP contribution in [0.5, 0.6) is 0 Å². The number of hydrogen-bond donors (Lipinski definition) is 3. The average Bonchev–Trinajstić information content (AvgIpc) is 2.19. The molecule has 2 aromatic rings. The standard InChI is InChI=1S/C9H7BrN4OS/c10-4-1-2-5-6(3-4)12-7(8(15)13-5)14-9(11)16/h1-3H,(H,13,15)(H3,11,12,14,16). The lowest BCUT2D eigenvalue weighted by molar-refractivity contribution is 1.22. The predicted molar refractivity (Wildman–Crippen MR) is 70.5 cm³/mol. The maximum absolute atomic E-state index is 11.5. The molecular weight excluding hydrogens is 292 g/mol. The molecule has 0 amide bonds. The zero-order valence-corrected chi connectivity index (χ0v) is 10.4. The Labute approximate surface area is 104 Å². The molecule has 0 aliphatic carbocycles. The number of rotatable bonds is 1. The van der Waals surface area contributed by atoms with Crippen LogP contribution in [0, 0.1) is 0 Å². The van der Waals surface area contributed by atoms with Crippen molar-refractivity contribution in [3.8, 4) is 0 Å². The van der Waals surface area contributed by atoms with Crippen molar-refractivity contribution in [1.29, 1.82) is 0 Å². The third-order valence-corrected chi connectivity index (χ3v) is 2.49. The Hall–Kier alpha value is -1.47. The van der Waals surface area contributed by atoms with Crippen molar-refractivity contribution >= 4 is 50.1 Å². The van der Waals surface area contributed by atoms with Crippen LogP contribution in [0.4, 0.5) is 5.82 Å². The first kappa shape index (κ1) is 11.0. The Kier molecular flexibility index (Phi) is 2.88. The van der Waals surface area contributed by atoms with Crippen LogP contribution in [0.1, 0.15) is 0 Å². The van der Waals surface area contributed by atoms with Crippen LogP contribution in [-0.2, 0) is 0 Å². The van der Waals surface area contributed by atoms with Gasteiger partial charge in [0.15, 0.2) is 10.9 Å². The number of nitrogens with one attached hydrogen (secondary N) is 2. The van der Waals surface area contributed by atoms with Crippen molar-refractivity contribution in [2.45, 2.75) is 0 Å². The lowest BCUT2D eigenvalue weighted by Gasteiger charge is -2.03. The second-order valence-corrected chi connectivity index (χ2v) is 4.42. The minimum Gasteiger partial charge on any atom is -0.376 e. The predicted octanol–water partition coefficient (Wildman–Crippen LogP) is 1.34. The van der Waals surface area contributed by atoms with E-state index in [-0.39, 0.29) is 16.5 Å². The number of benzene rings is 1. The highest BCUT2D eigenvalue weighted by Gasteiger charge is 2.05. The van der Waals surface area contributed by atoms with Crippen molar-refractivity contribution in [2.75, 3.05) is 5.32 Å². The van der Waals surface area contributed by atoms with Gasteiger partial charge in [0.25, 0.3) is 5.56 Å². The van der Waals surface area contributed by atoms with Gasteiger partial charge in [0.2, 0.25) is 0 Å². The van der Waals surface area contributed by atoms with Gasteiger partial charge in [0.05, 0.1) is 11.0 Å². The van der Waals surface area contributed by atoms with Gasteiger partial charge in [-0.3, -0.25) is 4.79 Å². The maximum atomic E-state index is 11.5. The molecule has 4 N–H and O–H groups in total. The Morgan fingerprint density at radius 1 is 1.56 bits per heavy atom. The lowest BCUT2D eigenvalue weighted by Crippen LogP contribution is -2.25. The van der Waals surface area contributed by atoms with Crippen molar-refractivity contribution in [2.24, 2.45) is 5.73 Å². The Morgan fingerprint density at radius 3 is 3.00 bits per heavy atom. The number of thiocarbonyl (C=S) groups is 1. The van der Waals surface area contributed by atoms with Gasteiger partial charge in [-0.25, -0.2) is 4.98 Å². The first-order valence-electron chi connectivity index (χ1n) is 4.32. The number of halogens is 1. The first-order chi connectivity index (χ1) is 7.56. The fraction of sp³-hybridized carbons (Fsp3) is 0. The third-order valence-electron chi connectivity index (χ3n) is 1.90. The summed E-state index contributed by atoms with van der Waals surface area (Å²) in [5.41, 5.74) is 6.23. The summed E-state index contributed by atoms with van der Waals surface area (Å²) in [5, 5.41) is 2.53. The molecule has 0 atom stereocenters. The summed E-state index contributed by atoms with van der Waals surface area (Å²) in [5.74, 6) is 0.0955. The van der Waals surface area contributed by atoms with E-state index in [1.807, 2.05) is 6.07 Å². The number of fused-ring (bicyclic) bond motifs is 1. The molecule has 0 fully saturated rings. The number of aromatic nitrogens is 2. The van der Waals surface area contributed by atoms with Gasteiger partial charge in [-0.2, -0.15) is 0 Å². The number of aromatic amines is 1. The van der Waals surface area contributed by atoms with E-state index in [1.54, 1.807) is 12.1 Å². The first-order valence-corrected chi connectivity index (χ1v) is 5.52. The van der Waals surface area contributed by atoms with Crippen molar-refractivity contribution in [3.63, 3.8) is 0 Å². The zero-order chi connectivity index (χ0) is 11.7. The van der Waals surface area contributed by atoms with Crippen LogP contribution < -0.4 is 16.6 Å². The maximum Gasteiger partial charge on any atom is 0.291 e. The molecule has 0 radical (unpaired) electrons. The quantitative estimate of drug-likeness (QED) is 0.692. The molecule has 0 aliphatic rings. The topological polar surface area (TPSA) is 83.8 Å². The molecule has 0 unspecified atom stereocenters. The van der Waals surface area contributed by atoms with Gasteiger partial charge < -0.3 is 16.0 Å². The number of hydrogen-bond acceptors (Lipinski definition) is 3. The number of anilines is 1. The van der Waals surface area contributed by atoms with E-state index >= 15 is 0 Å². The highest BCUT2D eigenvalue weighted by atomic mass is 79.9. The molecule has 82 valence electrons. The van der Waals surface area contributed by atoms with Crippen LogP contribution >= 0.6 is 28.1 Å². The van der Waals surface area contributed by atoms with E-state index in [2.05, 4.69) is 43.4 Å². The monoisotopic (exact) mass is 298 g/mol. The summed E-state index contributed by atoms with van der Waals surface area (Å²) >= 11 is 7.97. The number of nitrogens with two attached hydrogens (primary N) is 1. The Morgan fingerprint density at radius 2 is 2.31 bits per heavy atom. The van der Waals surface area contributed by atoms with Crippen molar-refractivity contribution in [1.82, 2.24) is 9.97 Å². The molecule has 0 spiro atoms. The molecule has 0 saturated heterocycles. The van der Waals surface area contributed by atoms with Gasteiger partial charge in [0.1, 0.15) is 0 Å². The van der Waals surface area contributed by atoms with Crippen molar-refractivity contribution < 1.29 is 0 Å². The molecule has 0 saturated carbocycles. The van der Waals surface area contributed by atoms with E-state index in [1.165, 1.54) is 0 Å². The molecule has 0 bridgehead atoms. The molecule has 5 nitrogen and oxygen atoms in total. The summed E-state index contributed by atoms with van der Waals surface area (Å²) in [6.45, 7) is 0. The molecule has 1 aromatic carbocycles. The summed E-state index contributed by atoms with van der Waals surface area (Å²) in [6, 6.07) is 5.37. The zero-order valence-electron chi connectivity index (χ0n) is 7.95. The van der Waals surface area contributed by atoms with E-state index in [9.17, 15) is 4.79 Å². The molecule has 1 aromatic heterocycles. The minimum absolute atomic E-state index is 0.00680. The summed E-state index contributed by atoms with van der Waals surface area (Å²) in [4.78, 5) is 18.3. The SMILES string of the molecule is NC(=S)Nc1nc2cc(Br)ccc2[nH]c1=O. The second kappa shape index (κ2) is 4.18. The molecule has 7 heteroatoms. The number of nitrogens with zero attached hydrogens (tertiary/aromatic N) is 1. The molecule has 2 rings (SSSR count). The highest BCUT2D eigenvalue weighted by Crippen LogP contribution is 2.16. The summed E-state index contributed by atoms with van der Waals surface area (Å²) in [6.07, 6.45) is 0. The van der Waals surface area contributed by atoms with Crippen molar-refractivity contribution in [3.05, 3.63) is 33.0 Å². The normalized spacial score (nSPS) is 10.3. The van der Waals surface area contributed by atoms with Crippen LogP contribution in [0.15, 0.2) is 27.5 Å². The van der Waals surface area contributed by atoms with Crippen LogP contribution in [-0.4, -0.2) is 15.1 Å². The van der Waals surface area contributed by atoms with Crippen LogP contribution in [0.25, 0.3) is 11.0 Å². The summed E-state index contributed by atoms with van der Waals surface area (Å²) < 4.78 is 0.876. The minimum atomic E-state index is -0.359. The van der Waals surface area contributed by atoms with Crippen LogP contribution in [0.2, 0.25) is 0 Å². The molecule has 16 heavy (non-hydrogen) atoms. The third kappa shape index (κ3) is 2.20. The van der Waals surface area contributed by atoms with E-state index in [0.717, 1.165) is 4.47 Å². The van der Waals surface area contributed by atoms with E-state index in [0.29, 0.717) is 11.0 Å². The second-order valence-electron chi connectivity index (χ2n) is 3.07. The van der Waals surface area contributed by atoms with E-state index < -0.39 is 0 Å². The summed E-state index contributed by atoms with van der Waals surface area (Å²) in [7, 11) is 0. The molecular formula is C9H7BrN4OS. The van der Waals surface area contributed by atoms with E-state index in [4.69, 9.17) is 5.73 Å². The Bertz CT molecular complexity index is 624. The Balaban J connectivity index is 2.64. The van der Waals surface area contributed by atoms with Gasteiger partial charge in [-0.15, -0.1) is 0 Å². The fourth-order valence-electron chi connectivity index (χ4n) is 1.26. The largest absolute Gasteiger partial charge is 0.376 e. The number of H-pyrrole nitrogens is 1. The van der Waals surface area contributed by atoms with Gasteiger partial charge in [-0.1, -0.05) is 15.9 Å². The highest BCUT2D eigenvalue weighted by molar-refractivity contribution is 9.10. The molecule has 0 aliphatic heterocycles. The van der Waals surface area contributed by atoms with Gasteiger partial charge in [-0.05, 0) is 30.4 Å². The average molecular weight is 299 g/mol. The smallest absolute Gasteiger partial charge is 0.291 e.